The molecule has 33 heavy (non-hydrogen) atoms. The zero-order chi connectivity index (χ0) is 24.2. The maximum absolute atomic E-state index is 11.8. The van der Waals surface area contributed by atoms with Gasteiger partial charge in [-0.05, 0) is 51.4 Å². The van der Waals surface area contributed by atoms with E-state index < -0.39 is 6.10 Å². The first kappa shape index (κ1) is 31.4. The van der Waals surface area contributed by atoms with Crippen LogP contribution in [0.25, 0.3) is 0 Å². The van der Waals surface area contributed by atoms with Crippen LogP contribution >= 0.6 is 0 Å². The highest BCUT2D eigenvalue weighted by molar-refractivity contribution is 5.69. The highest BCUT2D eigenvalue weighted by Gasteiger charge is 2.13. The van der Waals surface area contributed by atoms with Crippen LogP contribution in [0.15, 0.2) is 48.6 Å². The molecule has 0 fully saturated rings. The van der Waals surface area contributed by atoms with E-state index in [2.05, 4.69) is 62.5 Å². The van der Waals surface area contributed by atoms with E-state index in [1.54, 1.807) is 0 Å². The summed E-state index contributed by atoms with van der Waals surface area (Å²) in [6.45, 7) is 5.05. The first-order chi connectivity index (χ1) is 16.2. The monoisotopic (exact) mass is 462 g/mol. The van der Waals surface area contributed by atoms with Gasteiger partial charge in [-0.25, -0.2) is 0 Å². The van der Waals surface area contributed by atoms with Crippen LogP contribution in [0.1, 0.15) is 104 Å². The zero-order valence-electron chi connectivity index (χ0n) is 21.4. The zero-order valence-corrected chi connectivity index (χ0v) is 21.4. The van der Waals surface area contributed by atoms with Crippen molar-refractivity contribution in [3.05, 3.63) is 48.6 Å². The second-order valence-corrected chi connectivity index (χ2v) is 8.38. The van der Waals surface area contributed by atoms with Crippen LogP contribution in [0.5, 0.6) is 0 Å². The van der Waals surface area contributed by atoms with Gasteiger partial charge in [-0.15, -0.1) is 0 Å². The second kappa shape index (κ2) is 26.6. The minimum Gasteiger partial charge on any atom is -0.457 e. The number of aliphatic hydroxyl groups is 1. The third kappa shape index (κ3) is 24.8. The number of esters is 1. The molecule has 0 aromatic heterocycles. The molecule has 0 aliphatic heterocycles. The van der Waals surface area contributed by atoms with Gasteiger partial charge in [-0.1, -0.05) is 94.6 Å². The summed E-state index contributed by atoms with van der Waals surface area (Å²) in [5, 5.41) is 9.38. The minimum absolute atomic E-state index is 0.187. The van der Waals surface area contributed by atoms with E-state index in [0.717, 1.165) is 64.2 Å². The lowest BCUT2D eigenvalue weighted by Gasteiger charge is -2.15. The van der Waals surface area contributed by atoms with Gasteiger partial charge in [-0.2, -0.15) is 0 Å². The van der Waals surface area contributed by atoms with Crippen molar-refractivity contribution < 1.29 is 19.4 Å². The maximum Gasteiger partial charge on any atom is 0.306 e. The van der Waals surface area contributed by atoms with Crippen molar-refractivity contribution in [2.75, 3.05) is 19.8 Å². The van der Waals surface area contributed by atoms with Crippen molar-refractivity contribution in [1.29, 1.82) is 0 Å². The summed E-state index contributed by atoms with van der Waals surface area (Å²) in [5.74, 6) is -0.230. The van der Waals surface area contributed by atoms with E-state index in [4.69, 9.17) is 9.47 Å². The summed E-state index contributed by atoms with van der Waals surface area (Å²) in [6, 6.07) is 0. The van der Waals surface area contributed by atoms with Crippen LogP contribution in [0, 0.1) is 0 Å². The molecule has 1 atom stereocenters. The summed E-state index contributed by atoms with van der Waals surface area (Å²) in [6.07, 6.45) is 31.6. The van der Waals surface area contributed by atoms with Crippen molar-refractivity contribution in [1.82, 2.24) is 0 Å². The van der Waals surface area contributed by atoms with Gasteiger partial charge in [0.2, 0.25) is 0 Å². The molecule has 0 aromatic carbocycles. The molecule has 1 N–H and O–H groups in total. The number of carbonyl (C=O) groups is 1. The quantitative estimate of drug-likeness (QED) is 0.0963. The van der Waals surface area contributed by atoms with Crippen molar-refractivity contribution in [3.8, 4) is 0 Å². The van der Waals surface area contributed by atoms with Crippen molar-refractivity contribution in [2.45, 2.75) is 110 Å². The first-order valence-corrected chi connectivity index (χ1v) is 13.2. The van der Waals surface area contributed by atoms with E-state index in [9.17, 15) is 9.90 Å². The fraction of sp³-hybridized carbons (Fsp3) is 0.690. The van der Waals surface area contributed by atoms with Crippen molar-refractivity contribution >= 4 is 5.97 Å². The Balaban J connectivity index is 3.55. The number of hydrogen-bond acceptors (Lipinski definition) is 4. The van der Waals surface area contributed by atoms with Gasteiger partial charge < -0.3 is 14.6 Å². The van der Waals surface area contributed by atoms with Crippen LogP contribution in [-0.4, -0.2) is 37.0 Å². The molecule has 0 spiro atoms. The van der Waals surface area contributed by atoms with Gasteiger partial charge >= 0.3 is 5.97 Å². The Morgan fingerprint density at radius 1 is 0.758 bits per heavy atom. The molecular formula is C29H50O4. The van der Waals surface area contributed by atoms with Crippen LogP contribution in [0.2, 0.25) is 0 Å². The van der Waals surface area contributed by atoms with E-state index in [1.807, 2.05) is 0 Å². The average Bonchev–Trinajstić information content (AvgIpc) is 2.82. The Kier molecular flexibility index (Phi) is 25.3. The molecule has 0 saturated carbocycles. The Labute approximate surface area is 203 Å². The Hall–Kier alpha value is -1.65. The summed E-state index contributed by atoms with van der Waals surface area (Å²) < 4.78 is 10.9. The number of carbonyl (C=O) groups excluding carboxylic acids is 1. The fourth-order valence-electron chi connectivity index (χ4n) is 3.20. The largest absolute Gasteiger partial charge is 0.457 e. The molecule has 1 unspecified atom stereocenters. The lowest BCUT2D eigenvalue weighted by Crippen LogP contribution is -2.27. The molecule has 190 valence electrons. The van der Waals surface area contributed by atoms with Crippen LogP contribution < -0.4 is 0 Å². The van der Waals surface area contributed by atoms with Crippen molar-refractivity contribution in [3.63, 3.8) is 0 Å². The normalized spacial score (nSPS) is 13.2. The maximum atomic E-state index is 11.8. The average molecular weight is 463 g/mol. The van der Waals surface area contributed by atoms with E-state index >= 15 is 0 Å². The van der Waals surface area contributed by atoms with Gasteiger partial charge in [0.05, 0.1) is 13.2 Å². The SMILES string of the molecule is CC/C=C\C/C=C\C/C=C\C/C=C\CCCCCOCC(CO)OC(=O)CCCCCCC. The van der Waals surface area contributed by atoms with Crippen LogP contribution in [0.4, 0.5) is 0 Å². The number of allylic oxidation sites excluding steroid dienone is 8. The van der Waals surface area contributed by atoms with Crippen LogP contribution in [-0.2, 0) is 14.3 Å². The molecule has 4 heteroatoms. The highest BCUT2D eigenvalue weighted by Crippen LogP contribution is 2.07. The van der Waals surface area contributed by atoms with E-state index in [-0.39, 0.29) is 19.2 Å². The third-order valence-electron chi connectivity index (χ3n) is 5.17. The Morgan fingerprint density at radius 2 is 1.36 bits per heavy atom. The van der Waals surface area contributed by atoms with Gasteiger partial charge in [0, 0.05) is 13.0 Å². The highest BCUT2D eigenvalue weighted by atomic mass is 16.6. The van der Waals surface area contributed by atoms with E-state index in [0.29, 0.717) is 13.0 Å². The molecule has 0 aromatic rings. The number of aliphatic hydroxyl groups excluding tert-OH is 1. The predicted molar refractivity (Wildman–Crippen MR) is 140 cm³/mol. The van der Waals surface area contributed by atoms with E-state index in [1.165, 1.54) is 19.3 Å². The lowest BCUT2D eigenvalue weighted by molar-refractivity contribution is -0.154. The van der Waals surface area contributed by atoms with Crippen LogP contribution in [0.3, 0.4) is 0 Å². The smallest absolute Gasteiger partial charge is 0.306 e. The molecule has 0 saturated heterocycles. The fourth-order valence-corrected chi connectivity index (χ4v) is 3.20. The molecule has 0 aliphatic rings. The summed E-state index contributed by atoms with van der Waals surface area (Å²) >= 11 is 0. The van der Waals surface area contributed by atoms with Gasteiger partial charge in [-0.3, -0.25) is 4.79 Å². The minimum atomic E-state index is -0.544. The summed E-state index contributed by atoms with van der Waals surface area (Å²) in [4.78, 5) is 11.8. The topological polar surface area (TPSA) is 55.8 Å². The number of unbranched alkanes of at least 4 members (excludes halogenated alkanes) is 7. The molecule has 4 nitrogen and oxygen atoms in total. The standard InChI is InChI=1S/C29H50O4/c1-3-5-7-9-10-11-12-13-14-15-16-17-18-19-21-23-25-32-27-28(26-30)33-29(31)24-22-20-8-6-4-2/h5,7,10-11,13-14,16-17,28,30H,3-4,6,8-9,12,15,18-27H2,1-2H3/b7-5-,11-10-,14-13-,17-16-. The van der Waals surface area contributed by atoms with Gasteiger partial charge in [0.1, 0.15) is 6.10 Å². The molecule has 0 radical (unpaired) electrons. The molecule has 0 amide bonds. The second-order valence-electron chi connectivity index (χ2n) is 8.38. The van der Waals surface area contributed by atoms with Gasteiger partial charge in [0.15, 0.2) is 0 Å². The number of hydrogen-bond donors (Lipinski definition) is 1. The lowest BCUT2D eigenvalue weighted by atomic mass is 10.1. The first-order valence-electron chi connectivity index (χ1n) is 13.2. The Bertz CT molecular complexity index is 534. The van der Waals surface area contributed by atoms with Crippen molar-refractivity contribution in [2.24, 2.45) is 0 Å². The molecule has 0 aliphatic carbocycles. The molecule has 0 bridgehead atoms. The number of rotatable bonds is 23. The molecule has 0 rings (SSSR count). The summed E-state index contributed by atoms with van der Waals surface area (Å²) in [7, 11) is 0. The van der Waals surface area contributed by atoms with Gasteiger partial charge in [0.25, 0.3) is 0 Å². The summed E-state index contributed by atoms with van der Waals surface area (Å²) in [5.41, 5.74) is 0. The molecular weight excluding hydrogens is 412 g/mol. The third-order valence-corrected chi connectivity index (χ3v) is 5.17. The Morgan fingerprint density at radius 3 is 2.00 bits per heavy atom. The number of ether oxygens (including phenoxy) is 2. The predicted octanol–water partition coefficient (Wildman–Crippen LogP) is 7.63. The molecule has 0 heterocycles.